The normalized spacial score (nSPS) is 10.7. The summed E-state index contributed by atoms with van der Waals surface area (Å²) < 4.78 is 1.46. The number of nitrogens with zero attached hydrogens (tertiary/aromatic N) is 3. The smallest absolute Gasteiger partial charge is 0.334 e. The summed E-state index contributed by atoms with van der Waals surface area (Å²) >= 11 is 0. The number of carbonyl (C=O) groups excluding carboxylic acids is 1. The van der Waals surface area contributed by atoms with Gasteiger partial charge in [-0.25, -0.2) is 4.68 Å². The van der Waals surface area contributed by atoms with E-state index in [4.69, 9.17) is 0 Å². The molecule has 0 unspecified atom stereocenters. The van der Waals surface area contributed by atoms with Crippen LogP contribution in [0.3, 0.4) is 0 Å². The Balaban J connectivity index is 2.75. The maximum atomic E-state index is 11.5. The summed E-state index contributed by atoms with van der Waals surface area (Å²) in [7, 11) is 1.65. The molecule has 2 N–H and O–H groups in total. The van der Waals surface area contributed by atoms with Gasteiger partial charge in [0, 0.05) is 32.5 Å². The summed E-state index contributed by atoms with van der Waals surface area (Å²) in [6, 6.07) is 0. The van der Waals surface area contributed by atoms with Crippen molar-refractivity contribution in [2.24, 2.45) is 7.05 Å². The molecule has 21 heavy (non-hydrogen) atoms. The summed E-state index contributed by atoms with van der Waals surface area (Å²) in [5, 5.41) is 21.1. The van der Waals surface area contributed by atoms with Crippen LogP contribution in [0.4, 0.5) is 11.5 Å². The Kier molecular flexibility index (Phi) is 6.13. The van der Waals surface area contributed by atoms with Gasteiger partial charge in [0.05, 0.1) is 4.92 Å². The predicted octanol–water partition coefficient (Wildman–Crippen LogP) is 1.78. The number of amides is 1. The van der Waals surface area contributed by atoms with Crippen molar-refractivity contribution in [3.63, 3.8) is 0 Å². The molecular formula is C13H23N5O3. The van der Waals surface area contributed by atoms with Crippen LogP contribution < -0.4 is 10.6 Å². The molecule has 0 saturated heterocycles. The van der Waals surface area contributed by atoms with Crippen molar-refractivity contribution in [1.29, 1.82) is 0 Å². The first-order valence-corrected chi connectivity index (χ1v) is 7.10. The fourth-order valence-electron chi connectivity index (χ4n) is 1.95. The molecule has 1 rings (SSSR count). The van der Waals surface area contributed by atoms with E-state index in [-0.39, 0.29) is 23.9 Å². The Morgan fingerprint density at radius 3 is 2.62 bits per heavy atom. The first kappa shape index (κ1) is 16.9. The monoisotopic (exact) mass is 297 g/mol. The third-order valence-corrected chi connectivity index (χ3v) is 2.99. The molecule has 0 fully saturated rings. The number of hydrogen-bond donors (Lipinski definition) is 2. The molecule has 0 aliphatic heterocycles. The van der Waals surface area contributed by atoms with Gasteiger partial charge >= 0.3 is 5.69 Å². The highest BCUT2D eigenvalue weighted by atomic mass is 16.6. The van der Waals surface area contributed by atoms with Crippen LogP contribution in [-0.2, 0) is 11.8 Å². The second-order valence-electron chi connectivity index (χ2n) is 5.14. The summed E-state index contributed by atoms with van der Waals surface area (Å²) in [5.41, 5.74) is 0.432. The largest absolute Gasteiger partial charge is 0.364 e. The molecule has 0 bridgehead atoms. The first-order chi connectivity index (χ1) is 9.88. The average Bonchev–Trinajstić information content (AvgIpc) is 2.74. The van der Waals surface area contributed by atoms with Gasteiger partial charge in [-0.1, -0.05) is 20.8 Å². The first-order valence-electron chi connectivity index (χ1n) is 7.10. The SMILES string of the molecule is CCCNC(=O)CCNc1c([N+](=O)[O-])c(C(C)C)nn1C. The number of carbonyl (C=O) groups is 1. The van der Waals surface area contributed by atoms with Crippen molar-refractivity contribution in [2.75, 3.05) is 18.4 Å². The molecule has 8 heteroatoms. The van der Waals surface area contributed by atoms with Crippen LogP contribution >= 0.6 is 0 Å². The lowest BCUT2D eigenvalue weighted by Crippen LogP contribution is -2.26. The zero-order chi connectivity index (χ0) is 16.0. The predicted molar refractivity (Wildman–Crippen MR) is 80.4 cm³/mol. The minimum absolute atomic E-state index is 0.0125. The van der Waals surface area contributed by atoms with Crippen molar-refractivity contribution >= 4 is 17.4 Å². The molecule has 0 radical (unpaired) electrons. The highest BCUT2D eigenvalue weighted by Crippen LogP contribution is 2.32. The van der Waals surface area contributed by atoms with E-state index in [9.17, 15) is 14.9 Å². The van der Waals surface area contributed by atoms with E-state index < -0.39 is 4.92 Å². The molecule has 118 valence electrons. The number of hydrogen-bond acceptors (Lipinski definition) is 5. The number of aromatic nitrogens is 2. The number of nitro groups is 1. The Hall–Kier alpha value is -2.12. The van der Waals surface area contributed by atoms with Crippen molar-refractivity contribution in [3.8, 4) is 0 Å². The topological polar surface area (TPSA) is 102 Å². The molecule has 0 atom stereocenters. The van der Waals surface area contributed by atoms with Gasteiger partial charge in [0.1, 0.15) is 5.69 Å². The van der Waals surface area contributed by atoms with E-state index in [2.05, 4.69) is 15.7 Å². The maximum absolute atomic E-state index is 11.5. The fourth-order valence-corrected chi connectivity index (χ4v) is 1.95. The van der Waals surface area contributed by atoms with Crippen LogP contribution in [0.1, 0.15) is 45.2 Å². The van der Waals surface area contributed by atoms with Gasteiger partial charge in [-0.2, -0.15) is 5.10 Å². The molecule has 1 aromatic rings. The van der Waals surface area contributed by atoms with Crippen LogP contribution in [0.5, 0.6) is 0 Å². The lowest BCUT2D eigenvalue weighted by molar-refractivity contribution is -0.384. The van der Waals surface area contributed by atoms with Gasteiger partial charge < -0.3 is 10.6 Å². The molecule has 1 aromatic heterocycles. The minimum atomic E-state index is -0.429. The van der Waals surface area contributed by atoms with Crippen LogP contribution in [0.2, 0.25) is 0 Å². The van der Waals surface area contributed by atoms with E-state index >= 15 is 0 Å². The standard InChI is InChI=1S/C13H23N5O3/c1-5-7-14-10(19)6-8-15-13-12(18(20)21)11(9(2)3)16-17(13)4/h9,15H,5-8H2,1-4H3,(H,14,19). The van der Waals surface area contributed by atoms with Crippen LogP contribution in [0.25, 0.3) is 0 Å². The Morgan fingerprint density at radius 2 is 2.10 bits per heavy atom. The van der Waals surface area contributed by atoms with Crippen LogP contribution in [0.15, 0.2) is 0 Å². The number of aryl methyl sites for hydroxylation is 1. The molecule has 0 spiro atoms. The van der Waals surface area contributed by atoms with E-state index in [0.29, 0.717) is 24.6 Å². The summed E-state index contributed by atoms with van der Waals surface area (Å²) in [4.78, 5) is 22.3. The number of anilines is 1. The summed E-state index contributed by atoms with van der Waals surface area (Å²) in [6.07, 6.45) is 1.14. The van der Waals surface area contributed by atoms with E-state index in [1.54, 1.807) is 7.05 Å². The van der Waals surface area contributed by atoms with Crippen molar-refractivity contribution < 1.29 is 9.72 Å². The van der Waals surface area contributed by atoms with E-state index in [1.807, 2.05) is 20.8 Å². The van der Waals surface area contributed by atoms with Crippen LogP contribution in [0, 0.1) is 10.1 Å². The Labute approximate surface area is 124 Å². The zero-order valence-corrected chi connectivity index (χ0v) is 13.0. The molecule has 0 aliphatic carbocycles. The summed E-state index contributed by atoms with van der Waals surface area (Å²) in [6.45, 7) is 6.66. The molecule has 0 aliphatic rings. The van der Waals surface area contributed by atoms with Gasteiger partial charge in [0.2, 0.25) is 11.7 Å². The Bertz CT molecular complexity index is 510. The third-order valence-electron chi connectivity index (χ3n) is 2.99. The molecule has 1 heterocycles. The number of nitrogens with one attached hydrogen (secondary N) is 2. The minimum Gasteiger partial charge on any atom is -0.364 e. The second-order valence-corrected chi connectivity index (χ2v) is 5.14. The molecular weight excluding hydrogens is 274 g/mol. The molecule has 0 aromatic carbocycles. The maximum Gasteiger partial charge on any atom is 0.334 e. The average molecular weight is 297 g/mol. The second kappa shape index (κ2) is 7.61. The van der Waals surface area contributed by atoms with Gasteiger partial charge in [0.15, 0.2) is 0 Å². The van der Waals surface area contributed by atoms with Gasteiger partial charge in [-0.15, -0.1) is 0 Å². The van der Waals surface area contributed by atoms with E-state index in [1.165, 1.54) is 4.68 Å². The van der Waals surface area contributed by atoms with Crippen molar-refractivity contribution in [3.05, 3.63) is 15.8 Å². The van der Waals surface area contributed by atoms with Crippen molar-refractivity contribution in [2.45, 2.75) is 39.5 Å². The van der Waals surface area contributed by atoms with E-state index in [0.717, 1.165) is 6.42 Å². The fraction of sp³-hybridized carbons (Fsp3) is 0.692. The lowest BCUT2D eigenvalue weighted by Gasteiger charge is -2.06. The highest BCUT2D eigenvalue weighted by Gasteiger charge is 2.28. The third kappa shape index (κ3) is 4.44. The molecule has 8 nitrogen and oxygen atoms in total. The van der Waals surface area contributed by atoms with Crippen molar-refractivity contribution in [1.82, 2.24) is 15.1 Å². The molecule has 0 saturated carbocycles. The highest BCUT2D eigenvalue weighted by molar-refractivity contribution is 5.76. The quantitative estimate of drug-likeness (QED) is 0.562. The number of rotatable bonds is 8. The zero-order valence-electron chi connectivity index (χ0n) is 13.0. The van der Waals surface area contributed by atoms with Gasteiger partial charge in [0.25, 0.3) is 0 Å². The van der Waals surface area contributed by atoms with Crippen LogP contribution in [-0.4, -0.2) is 33.7 Å². The van der Waals surface area contributed by atoms with Gasteiger partial charge in [-0.05, 0) is 6.42 Å². The lowest BCUT2D eigenvalue weighted by atomic mass is 10.1. The summed E-state index contributed by atoms with van der Waals surface area (Å²) in [5.74, 6) is 0.227. The molecule has 1 amide bonds. The van der Waals surface area contributed by atoms with Gasteiger partial charge in [-0.3, -0.25) is 14.9 Å². The Morgan fingerprint density at radius 1 is 1.43 bits per heavy atom.